The lowest BCUT2D eigenvalue weighted by Gasteiger charge is -2.25. The highest BCUT2D eigenvalue weighted by atomic mass is 32.2. The summed E-state index contributed by atoms with van der Waals surface area (Å²) in [6, 6.07) is 12.1. The topological polar surface area (TPSA) is 29.5 Å². The van der Waals surface area contributed by atoms with Crippen LogP contribution in [0.15, 0.2) is 41.8 Å². The molecule has 3 rings (SSSR count). The zero-order valence-corrected chi connectivity index (χ0v) is 15.6. The van der Waals surface area contributed by atoms with Crippen molar-refractivity contribution in [2.24, 2.45) is 0 Å². The molecule has 24 heavy (non-hydrogen) atoms. The van der Waals surface area contributed by atoms with Crippen molar-refractivity contribution in [3.8, 4) is 0 Å². The molecule has 1 unspecified atom stereocenters. The lowest BCUT2D eigenvalue weighted by atomic mass is 10.1. The highest BCUT2D eigenvalue weighted by Crippen LogP contribution is 2.20. The number of carbonyl (C=O) groups excluding carboxylic acids is 1. The molecule has 5 heteroatoms. The van der Waals surface area contributed by atoms with E-state index in [4.69, 9.17) is 4.74 Å². The first-order valence-electron chi connectivity index (χ1n) is 8.27. The average Bonchev–Trinajstić information content (AvgIpc) is 3.28. The second kappa shape index (κ2) is 8.70. The largest absolute Gasteiger partial charge is 0.376 e. The fraction of sp³-hybridized carbons (Fsp3) is 0.421. The first-order valence-corrected chi connectivity index (χ1v) is 10.5. The summed E-state index contributed by atoms with van der Waals surface area (Å²) in [5, 5.41) is 2.06. The molecule has 1 atom stereocenters. The van der Waals surface area contributed by atoms with Crippen LogP contribution in [0.2, 0.25) is 0 Å². The van der Waals surface area contributed by atoms with Crippen molar-refractivity contribution in [1.29, 1.82) is 0 Å². The number of thioether (sulfide) groups is 1. The van der Waals surface area contributed by atoms with Gasteiger partial charge >= 0.3 is 0 Å². The fourth-order valence-electron chi connectivity index (χ4n) is 2.94. The van der Waals surface area contributed by atoms with Gasteiger partial charge in [0.2, 0.25) is 0 Å². The number of nitrogens with zero attached hydrogens (tertiary/aromatic N) is 1. The van der Waals surface area contributed by atoms with Crippen LogP contribution in [-0.4, -0.2) is 36.3 Å². The summed E-state index contributed by atoms with van der Waals surface area (Å²) in [4.78, 5) is 16.1. The summed E-state index contributed by atoms with van der Waals surface area (Å²) >= 11 is 3.48. The zero-order chi connectivity index (χ0) is 16.8. The van der Waals surface area contributed by atoms with E-state index in [0.29, 0.717) is 13.1 Å². The molecule has 0 radical (unpaired) electrons. The van der Waals surface area contributed by atoms with Gasteiger partial charge in [-0.25, -0.2) is 0 Å². The Kier molecular flexibility index (Phi) is 6.35. The van der Waals surface area contributed by atoms with E-state index in [1.807, 2.05) is 23.1 Å². The van der Waals surface area contributed by atoms with E-state index < -0.39 is 0 Å². The first-order chi connectivity index (χ1) is 11.8. The molecule has 0 aliphatic carbocycles. The van der Waals surface area contributed by atoms with Gasteiger partial charge in [-0.15, -0.1) is 11.3 Å². The monoisotopic (exact) mass is 361 g/mol. The number of thiophene rings is 1. The van der Waals surface area contributed by atoms with Gasteiger partial charge in [0.15, 0.2) is 0 Å². The third kappa shape index (κ3) is 4.62. The second-order valence-electron chi connectivity index (χ2n) is 6.03. The number of hydrogen-bond donors (Lipinski definition) is 0. The Balaban J connectivity index is 1.73. The third-order valence-corrected chi connectivity index (χ3v) is 5.66. The maximum absolute atomic E-state index is 13.0. The summed E-state index contributed by atoms with van der Waals surface area (Å²) in [6.07, 6.45) is 4.39. The van der Waals surface area contributed by atoms with E-state index in [0.717, 1.165) is 30.8 Å². The summed E-state index contributed by atoms with van der Waals surface area (Å²) in [5.41, 5.74) is 2.01. The molecule has 128 valence electrons. The summed E-state index contributed by atoms with van der Waals surface area (Å²) in [7, 11) is 0. The Morgan fingerprint density at radius 3 is 2.79 bits per heavy atom. The molecule has 1 fully saturated rings. The molecule has 1 aromatic heterocycles. The Morgan fingerprint density at radius 2 is 2.17 bits per heavy atom. The molecule has 1 aromatic carbocycles. The number of carbonyl (C=O) groups is 1. The zero-order valence-electron chi connectivity index (χ0n) is 13.9. The van der Waals surface area contributed by atoms with Crippen molar-refractivity contribution in [2.75, 3.05) is 19.4 Å². The molecule has 2 heterocycles. The lowest BCUT2D eigenvalue weighted by molar-refractivity contribution is 0.0509. The average molecular weight is 362 g/mol. The van der Waals surface area contributed by atoms with Crippen LogP contribution < -0.4 is 0 Å². The van der Waals surface area contributed by atoms with E-state index in [9.17, 15) is 4.79 Å². The van der Waals surface area contributed by atoms with E-state index in [-0.39, 0.29) is 12.0 Å². The highest BCUT2D eigenvalue weighted by molar-refractivity contribution is 7.97. The molecule has 1 aliphatic rings. The molecule has 0 N–H and O–H groups in total. The number of hydrogen-bond acceptors (Lipinski definition) is 4. The summed E-state index contributed by atoms with van der Waals surface area (Å²) in [6.45, 7) is 2.14. The van der Waals surface area contributed by atoms with Crippen LogP contribution in [0.3, 0.4) is 0 Å². The molecule has 1 saturated heterocycles. The van der Waals surface area contributed by atoms with Crippen LogP contribution in [0.25, 0.3) is 0 Å². The normalized spacial score (nSPS) is 17.1. The Hall–Kier alpha value is -1.30. The maximum atomic E-state index is 13.0. The third-order valence-electron chi connectivity index (χ3n) is 4.17. The SMILES string of the molecule is CSCc1ccc(C(=O)N(Cc2cccs2)CC2CCCO2)cc1. The van der Waals surface area contributed by atoms with Gasteiger partial charge in [0, 0.05) is 29.3 Å². The smallest absolute Gasteiger partial charge is 0.254 e. The molecular formula is C19H23NO2S2. The first kappa shape index (κ1) is 17.5. The molecule has 3 nitrogen and oxygen atoms in total. The molecule has 0 bridgehead atoms. The van der Waals surface area contributed by atoms with Crippen LogP contribution in [0.5, 0.6) is 0 Å². The van der Waals surface area contributed by atoms with Gasteiger partial charge in [-0.05, 0) is 48.2 Å². The molecule has 0 spiro atoms. The van der Waals surface area contributed by atoms with Crippen LogP contribution >= 0.6 is 23.1 Å². The van der Waals surface area contributed by atoms with Crippen LogP contribution in [0.1, 0.15) is 33.6 Å². The van der Waals surface area contributed by atoms with E-state index in [1.165, 1.54) is 10.4 Å². The van der Waals surface area contributed by atoms with Crippen molar-refractivity contribution in [3.05, 3.63) is 57.8 Å². The van der Waals surface area contributed by atoms with Crippen molar-refractivity contribution < 1.29 is 9.53 Å². The molecule has 1 amide bonds. The molecule has 0 saturated carbocycles. The van der Waals surface area contributed by atoms with Crippen LogP contribution in [0, 0.1) is 0 Å². The Morgan fingerprint density at radius 1 is 1.33 bits per heavy atom. The minimum atomic E-state index is 0.0922. The standard InChI is InChI=1S/C19H23NO2S2/c1-23-14-15-6-8-16(9-7-15)19(21)20(12-17-4-2-10-22-17)13-18-5-3-11-24-18/h3,5-9,11,17H,2,4,10,12-14H2,1H3. The van der Waals surface area contributed by atoms with Crippen molar-refractivity contribution in [3.63, 3.8) is 0 Å². The van der Waals surface area contributed by atoms with Crippen molar-refractivity contribution >= 4 is 29.0 Å². The van der Waals surface area contributed by atoms with Gasteiger partial charge in [-0.3, -0.25) is 4.79 Å². The molecule has 1 aliphatic heterocycles. The Labute approximate surface area is 152 Å². The van der Waals surface area contributed by atoms with Crippen molar-refractivity contribution in [1.82, 2.24) is 4.90 Å². The minimum absolute atomic E-state index is 0.0922. The predicted octanol–water partition coefficient (Wildman–Crippen LogP) is 4.43. The van der Waals surface area contributed by atoms with Gasteiger partial charge in [0.1, 0.15) is 0 Å². The quantitative estimate of drug-likeness (QED) is 0.730. The number of ether oxygens (including phenoxy) is 1. The lowest BCUT2D eigenvalue weighted by Crippen LogP contribution is -2.36. The molecule has 2 aromatic rings. The van der Waals surface area contributed by atoms with Crippen LogP contribution in [0.4, 0.5) is 0 Å². The number of amides is 1. The maximum Gasteiger partial charge on any atom is 0.254 e. The Bertz CT molecular complexity index is 634. The highest BCUT2D eigenvalue weighted by Gasteiger charge is 2.23. The van der Waals surface area contributed by atoms with Gasteiger partial charge in [0.05, 0.1) is 12.6 Å². The van der Waals surface area contributed by atoms with Gasteiger partial charge < -0.3 is 9.64 Å². The fourth-order valence-corrected chi connectivity index (χ4v) is 4.18. The van der Waals surface area contributed by atoms with Crippen molar-refractivity contribution in [2.45, 2.75) is 31.2 Å². The second-order valence-corrected chi connectivity index (χ2v) is 7.93. The molecular weight excluding hydrogens is 338 g/mol. The summed E-state index contributed by atoms with van der Waals surface area (Å²) in [5.74, 6) is 1.07. The van der Waals surface area contributed by atoms with E-state index in [2.05, 4.69) is 29.8 Å². The van der Waals surface area contributed by atoms with Gasteiger partial charge in [0.25, 0.3) is 5.91 Å². The number of rotatable bonds is 7. The predicted molar refractivity (Wildman–Crippen MR) is 102 cm³/mol. The number of benzene rings is 1. The summed E-state index contributed by atoms with van der Waals surface area (Å²) < 4.78 is 5.75. The minimum Gasteiger partial charge on any atom is -0.376 e. The van der Waals surface area contributed by atoms with E-state index in [1.54, 1.807) is 23.1 Å². The van der Waals surface area contributed by atoms with Gasteiger partial charge in [-0.1, -0.05) is 18.2 Å². The van der Waals surface area contributed by atoms with Crippen LogP contribution in [-0.2, 0) is 17.0 Å². The van der Waals surface area contributed by atoms with E-state index >= 15 is 0 Å². The van der Waals surface area contributed by atoms with Gasteiger partial charge in [-0.2, -0.15) is 11.8 Å².